The lowest BCUT2D eigenvalue weighted by atomic mass is 10.3. The Morgan fingerprint density at radius 2 is 2.10 bits per heavy atom. The van der Waals surface area contributed by atoms with Gasteiger partial charge in [0, 0.05) is 6.07 Å². The van der Waals surface area contributed by atoms with Gasteiger partial charge < -0.3 is 9.84 Å². The fourth-order valence-corrected chi connectivity index (χ4v) is 3.78. The van der Waals surface area contributed by atoms with Crippen molar-refractivity contribution in [3.8, 4) is 5.75 Å². The van der Waals surface area contributed by atoms with Crippen molar-refractivity contribution in [2.24, 2.45) is 0 Å². The highest BCUT2D eigenvalue weighted by atomic mass is 32.2. The van der Waals surface area contributed by atoms with Crippen molar-refractivity contribution in [1.29, 1.82) is 0 Å². The van der Waals surface area contributed by atoms with Crippen LogP contribution in [0.25, 0.3) is 0 Å². The molecule has 1 heterocycles. The number of anilines is 1. The SMILES string of the molecule is COc1cccc(S(=O)(=O)Nc2c(C)csc2C(=O)O)c1. The van der Waals surface area contributed by atoms with Crippen LogP contribution in [0.2, 0.25) is 0 Å². The molecule has 0 aliphatic rings. The van der Waals surface area contributed by atoms with E-state index in [1.54, 1.807) is 24.4 Å². The number of benzene rings is 1. The van der Waals surface area contributed by atoms with Gasteiger partial charge in [-0.25, -0.2) is 13.2 Å². The molecule has 1 aromatic carbocycles. The van der Waals surface area contributed by atoms with Gasteiger partial charge in [-0.2, -0.15) is 0 Å². The minimum Gasteiger partial charge on any atom is -0.497 e. The minimum absolute atomic E-state index is 0.00351. The number of rotatable bonds is 5. The Labute approximate surface area is 126 Å². The van der Waals surface area contributed by atoms with Crippen LogP contribution in [-0.4, -0.2) is 26.6 Å². The fourth-order valence-electron chi connectivity index (χ4n) is 1.69. The topological polar surface area (TPSA) is 92.7 Å². The number of carboxylic acids is 1. The molecular weight excluding hydrogens is 314 g/mol. The van der Waals surface area contributed by atoms with E-state index in [-0.39, 0.29) is 15.5 Å². The van der Waals surface area contributed by atoms with Crippen molar-refractivity contribution >= 4 is 33.0 Å². The molecule has 112 valence electrons. The van der Waals surface area contributed by atoms with Crippen LogP contribution >= 0.6 is 11.3 Å². The van der Waals surface area contributed by atoms with E-state index in [2.05, 4.69) is 4.72 Å². The molecular formula is C13H13NO5S2. The molecule has 0 radical (unpaired) electrons. The van der Waals surface area contributed by atoms with Gasteiger partial charge >= 0.3 is 5.97 Å². The number of methoxy groups -OCH3 is 1. The maximum absolute atomic E-state index is 12.3. The Balaban J connectivity index is 2.42. The summed E-state index contributed by atoms with van der Waals surface area (Å²) in [4.78, 5) is 11.1. The van der Waals surface area contributed by atoms with E-state index in [1.165, 1.54) is 19.2 Å². The zero-order chi connectivity index (χ0) is 15.6. The van der Waals surface area contributed by atoms with E-state index in [4.69, 9.17) is 9.84 Å². The summed E-state index contributed by atoms with van der Waals surface area (Å²) in [5.74, 6) is -0.769. The quantitative estimate of drug-likeness (QED) is 0.880. The van der Waals surface area contributed by atoms with E-state index < -0.39 is 16.0 Å². The van der Waals surface area contributed by atoms with Crippen LogP contribution in [0.1, 0.15) is 15.2 Å². The zero-order valence-corrected chi connectivity index (χ0v) is 12.9. The smallest absolute Gasteiger partial charge is 0.348 e. The van der Waals surface area contributed by atoms with Crippen LogP contribution in [0, 0.1) is 6.92 Å². The fraction of sp³-hybridized carbons (Fsp3) is 0.154. The number of sulfonamides is 1. The molecule has 8 heteroatoms. The summed E-state index contributed by atoms with van der Waals surface area (Å²) in [6.45, 7) is 1.65. The maximum Gasteiger partial charge on any atom is 0.348 e. The molecule has 2 rings (SSSR count). The van der Waals surface area contributed by atoms with Crippen LogP contribution in [0.3, 0.4) is 0 Å². The van der Waals surface area contributed by atoms with Gasteiger partial charge in [-0.15, -0.1) is 11.3 Å². The van der Waals surface area contributed by atoms with Gasteiger partial charge in [-0.05, 0) is 30.0 Å². The molecule has 0 saturated carbocycles. The lowest BCUT2D eigenvalue weighted by molar-refractivity contribution is 0.0703. The highest BCUT2D eigenvalue weighted by Gasteiger charge is 2.22. The predicted octanol–water partition coefficient (Wildman–Crippen LogP) is 2.56. The second-order valence-electron chi connectivity index (χ2n) is 4.21. The van der Waals surface area contributed by atoms with Crippen molar-refractivity contribution < 1.29 is 23.1 Å². The lowest BCUT2D eigenvalue weighted by Gasteiger charge is -2.10. The van der Waals surface area contributed by atoms with Crippen LogP contribution in [0.5, 0.6) is 5.75 Å². The molecule has 6 nitrogen and oxygen atoms in total. The average molecular weight is 327 g/mol. The molecule has 0 amide bonds. The van der Waals surface area contributed by atoms with E-state index in [0.29, 0.717) is 11.3 Å². The Hall–Kier alpha value is -2.06. The second-order valence-corrected chi connectivity index (χ2v) is 6.77. The third kappa shape index (κ3) is 3.17. The molecule has 1 aromatic heterocycles. The Morgan fingerprint density at radius 3 is 2.71 bits per heavy atom. The normalized spacial score (nSPS) is 11.1. The van der Waals surface area contributed by atoms with Crippen LogP contribution in [0.15, 0.2) is 34.5 Å². The monoisotopic (exact) mass is 327 g/mol. The highest BCUT2D eigenvalue weighted by Crippen LogP contribution is 2.30. The summed E-state index contributed by atoms with van der Waals surface area (Å²) in [6.07, 6.45) is 0. The van der Waals surface area contributed by atoms with Crippen molar-refractivity contribution in [2.75, 3.05) is 11.8 Å². The molecule has 2 aromatic rings. The number of ether oxygens (including phenoxy) is 1. The molecule has 0 fully saturated rings. The number of hydrogen-bond acceptors (Lipinski definition) is 5. The summed E-state index contributed by atoms with van der Waals surface area (Å²) in [6, 6.07) is 5.95. The maximum atomic E-state index is 12.3. The Bertz CT molecular complexity index is 780. The summed E-state index contributed by atoms with van der Waals surface area (Å²) in [5.41, 5.74) is 0.652. The van der Waals surface area contributed by atoms with Gasteiger partial charge in [0.1, 0.15) is 10.6 Å². The molecule has 0 saturated heterocycles. The molecule has 0 bridgehead atoms. The third-order valence-corrected chi connectivity index (χ3v) is 5.19. The van der Waals surface area contributed by atoms with E-state index in [0.717, 1.165) is 11.3 Å². The molecule has 0 atom stereocenters. The molecule has 0 unspecified atom stereocenters. The number of thiophene rings is 1. The molecule has 2 N–H and O–H groups in total. The van der Waals surface area contributed by atoms with E-state index >= 15 is 0 Å². The van der Waals surface area contributed by atoms with Crippen LogP contribution < -0.4 is 9.46 Å². The van der Waals surface area contributed by atoms with E-state index in [9.17, 15) is 13.2 Å². The van der Waals surface area contributed by atoms with Gasteiger partial charge in [-0.1, -0.05) is 6.07 Å². The van der Waals surface area contributed by atoms with Gasteiger partial charge in [0.25, 0.3) is 10.0 Å². The third-order valence-electron chi connectivity index (χ3n) is 2.76. The molecule has 0 aliphatic carbocycles. The standard InChI is InChI=1S/C13H13NO5S2/c1-8-7-20-12(13(15)16)11(8)14-21(17,18)10-5-3-4-9(6-10)19-2/h3-7,14H,1-2H3,(H,15,16). The summed E-state index contributed by atoms with van der Waals surface area (Å²) in [7, 11) is -2.45. The molecule has 21 heavy (non-hydrogen) atoms. The van der Waals surface area contributed by atoms with Gasteiger partial charge in [0.2, 0.25) is 0 Å². The first kappa shape index (κ1) is 15.3. The average Bonchev–Trinajstić information content (AvgIpc) is 2.80. The summed E-state index contributed by atoms with van der Waals surface area (Å²) < 4.78 is 32.0. The van der Waals surface area contributed by atoms with Crippen molar-refractivity contribution in [2.45, 2.75) is 11.8 Å². The number of nitrogens with one attached hydrogen (secondary N) is 1. The number of hydrogen-bond donors (Lipinski definition) is 2. The minimum atomic E-state index is -3.88. The summed E-state index contributed by atoms with van der Waals surface area (Å²) in [5, 5.41) is 10.7. The van der Waals surface area contributed by atoms with Crippen molar-refractivity contribution in [1.82, 2.24) is 0 Å². The summed E-state index contributed by atoms with van der Waals surface area (Å²) >= 11 is 0.977. The van der Waals surface area contributed by atoms with Crippen LogP contribution in [-0.2, 0) is 10.0 Å². The first-order valence-corrected chi connectivity index (χ1v) is 8.19. The number of carboxylic acid groups (broad SMARTS) is 1. The predicted molar refractivity (Wildman–Crippen MR) is 79.8 cm³/mol. The number of aromatic carboxylic acids is 1. The lowest BCUT2D eigenvalue weighted by Crippen LogP contribution is -2.15. The molecule has 0 spiro atoms. The first-order valence-electron chi connectivity index (χ1n) is 5.83. The van der Waals surface area contributed by atoms with Gasteiger partial charge in [0.05, 0.1) is 17.7 Å². The van der Waals surface area contributed by atoms with Gasteiger partial charge in [0.15, 0.2) is 0 Å². The van der Waals surface area contributed by atoms with Crippen molar-refractivity contribution in [3.63, 3.8) is 0 Å². The van der Waals surface area contributed by atoms with Gasteiger partial charge in [-0.3, -0.25) is 4.72 Å². The Kier molecular flexibility index (Phi) is 4.19. The van der Waals surface area contributed by atoms with Crippen molar-refractivity contribution in [3.05, 3.63) is 40.1 Å². The molecule has 0 aliphatic heterocycles. The highest BCUT2D eigenvalue weighted by molar-refractivity contribution is 7.92. The number of carbonyl (C=O) groups is 1. The van der Waals surface area contributed by atoms with Crippen LogP contribution in [0.4, 0.5) is 5.69 Å². The number of aryl methyl sites for hydroxylation is 1. The second kappa shape index (κ2) is 5.74. The Morgan fingerprint density at radius 1 is 1.38 bits per heavy atom. The largest absolute Gasteiger partial charge is 0.497 e. The zero-order valence-electron chi connectivity index (χ0n) is 11.3. The van der Waals surface area contributed by atoms with E-state index in [1.807, 2.05) is 0 Å². The first-order chi connectivity index (χ1) is 9.85.